The fourth-order valence-electron chi connectivity index (χ4n) is 1.23. The number of pyridine rings is 1. The molecule has 1 heterocycles. The number of aromatic nitrogens is 1. The van der Waals surface area contributed by atoms with Gasteiger partial charge in [-0.2, -0.15) is 0 Å². The molecule has 1 aromatic heterocycles. The maximum absolute atomic E-state index is 5.27. The molecule has 1 heteroatoms. The van der Waals surface area contributed by atoms with E-state index in [0.29, 0.717) is 0 Å². The Hall–Kier alpha value is -2.51. The minimum absolute atomic E-state index is 0.870. The van der Waals surface area contributed by atoms with Gasteiger partial charge in [-0.05, 0) is 36.4 Å². The van der Waals surface area contributed by atoms with Crippen molar-refractivity contribution in [3.8, 4) is 24.2 Å². The molecule has 16 heavy (non-hydrogen) atoms. The van der Waals surface area contributed by atoms with Crippen LogP contribution in [0.5, 0.6) is 0 Å². The first-order valence-corrected chi connectivity index (χ1v) is 4.87. The Kier molecular flexibility index (Phi) is 3.02. The molecular weight excluding hydrogens is 194 g/mol. The van der Waals surface area contributed by atoms with Gasteiger partial charge in [0, 0.05) is 29.1 Å². The van der Waals surface area contributed by atoms with Crippen LogP contribution in [-0.4, -0.2) is 4.98 Å². The molecule has 0 N–H and O–H groups in total. The van der Waals surface area contributed by atoms with E-state index in [-0.39, 0.29) is 0 Å². The lowest BCUT2D eigenvalue weighted by molar-refractivity contribution is 1.32. The highest BCUT2D eigenvalue weighted by atomic mass is 14.6. The Balaban J connectivity index is 2.22. The second kappa shape index (κ2) is 4.82. The summed E-state index contributed by atoms with van der Waals surface area (Å²) in [4.78, 5) is 3.93. The third-order valence-corrected chi connectivity index (χ3v) is 2.08. The first-order chi connectivity index (χ1) is 7.88. The third-order valence-electron chi connectivity index (χ3n) is 2.08. The summed E-state index contributed by atoms with van der Waals surface area (Å²) in [5.74, 6) is 8.69. The van der Waals surface area contributed by atoms with Gasteiger partial charge in [-0.3, -0.25) is 4.98 Å². The number of rotatable bonds is 0. The van der Waals surface area contributed by atoms with Crippen LogP contribution in [0.2, 0.25) is 0 Å². The summed E-state index contributed by atoms with van der Waals surface area (Å²) in [5.41, 5.74) is 2.78. The van der Waals surface area contributed by atoms with Gasteiger partial charge < -0.3 is 0 Å². The smallest absolute Gasteiger partial charge is 0.0280 e. The molecule has 0 aliphatic rings. The molecule has 2 aromatic rings. The van der Waals surface area contributed by atoms with Gasteiger partial charge in [0.05, 0.1) is 0 Å². The van der Waals surface area contributed by atoms with E-state index < -0.39 is 0 Å². The molecule has 0 radical (unpaired) electrons. The standard InChI is InChI=1S/C15H9N/c1-2-13-3-5-14(6-4-13)7-8-15-9-11-16-12-10-15/h1,3-6,9-12H. The topological polar surface area (TPSA) is 12.9 Å². The molecule has 1 aromatic carbocycles. The zero-order chi connectivity index (χ0) is 11.2. The van der Waals surface area contributed by atoms with Crippen LogP contribution in [0, 0.1) is 24.2 Å². The molecule has 74 valence electrons. The summed E-state index contributed by atoms with van der Waals surface area (Å²) in [5, 5.41) is 0. The first-order valence-electron chi connectivity index (χ1n) is 4.87. The number of nitrogens with zero attached hydrogens (tertiary/aromatic N) is 1. The zero-order valence-electron chi connectivity index (χ0n) is 8.64. The largest absolute Gasteiger partial charge is 0.265 e. The van der Waals surface area contributed by atoms with E-state index in [2.05, 4.69) is 22.7 Å². The van der Waals surface area contributed by atoms with Crippen molar-refractivity contribution in [3.63, 3.8) is 0 Å². The number of hydrogen-bond donors (Lipinski definition) is 0. The summed E-state index contributed by atoms with van der Waals surface area (Å²) in [6.45, 7) is 0. The van der Waals surface area contributed by atoms with Crippen LogP contribution < -0.4 is 0 Å². The third kappa shape index (κ3) is 2.50. The number of terminal acetylenes is 1. The van der Waals surface area contributed by atoms with Crippen LogP contribution in [0.25, 0.3) is 0 Å². The fourth-order valence-corrected chi connectivity index (χ4v) is 1.23. The second-order valence-corrected chi connectivity index (χ2v) is 3.21. The second-order valence-electron chi connectivity index (χ2n) is 3.21. The van der Waals surface area contributed by atoms with E-state index in [1.165, 1.54) is 0 Å². The van der Waals surface area contributed by atoms with Gasteiger partial charge in [-0.25, -0.2) is 0 Å². The van der Waals surface area contributed by atoms with E-state index in [1.807, 2.05) is 36.4 Å². The van der Waals surface area contributed by atoms with Crippen LogP contribution in [0.1, 0.15) is 16.7 Å². The van der Waals surface area contributed by atoms with Crippen LogP contribution in [0.4, 0.5) is 0 Å². The van der Waals surface area contributed by atoms with E-state index in [9.17, 15) is 0 Å². The fraction of sp³-hybridized carbons (Fsp3) is 0. The molecule has 0 aliphatic heterocycles. The highest BCUT2D eigenvalue weighted by molar-refractivity contribution is 5.44. The molecule has 0 spiro atoms. The predicted molar refractivity (Wildman–Crippen MR) is 64.6 cm³/mol. The van der Waals surface area contributed by atoms with Crippen molar-refractivity contribution in [2.45, 2.75) is 0 Å². The molecule has 0 amide bonds. The highest BCUT2D eigenvalue weighted by Crippen LogP contribution is 2.02. The molecular formula is C15H9N. The molecule has 0 saturated carbocycles. The van der Waals surface area contributed by atoms with E-state index in [4.69, 9.17) is 6.42 Å². The first kappa shape index (κ1) is 10.0. The molecule has 1 nitrogen and oxygen atoms in total. The summed E-state index contributed by atoms with van der Waals surface area (Å²) in [6, 6.07) is 11.4. The van der Waals surface area contributed by atoms with Crippen molar-refractivity contribution in [2.24, 2.45) is 0 Å². The van der Waals surface area contributed by atoms with Crippen molar-refractivity contribution in [1.29, 1.82) is 0 Å². The lowest BCUT2D eigenvalue weighted by atomic mass is 10.1. The molecule has 0 fully saturated rings. The summed E-state index contributed by atoms with van der Waals surface area (Å²) >= 11 is 0. The van der Waals surface area contributed by atoms with E-state index >= 15 is 0 Å². The average Bonchev–Trinajstić information content (AvgIpc) is 2.38. The average molecular weight is 203 g/mol. The Bertz CT molecular complexity index is 563. The van der Waals surface area contributed by atoms with Gasteiger partial charge in [-0.1, -0.05) is 17.8 Å². The van der Waals surface area contributed by atoms with E-state index in [0.717, 1.165) is 16.7 Å². The molecule has 0 aliphatic carbocycles. The van der Waals surface area contributed by atoms with Gasteiger partial charge in [-0.15, -0.1) is 6.42 Å². The zero-order valence-corrected chi connectivity index (χ0v) is 8.64. The highest BCUT2D eigenvalue weighted by Gasteiger charge is 1.88. The Labute approximate surface area is 95.2 Å². The Morgan fingerprint density at radius 3 is 1.81 bits per heavy atom. The lowest BCUT2D eigenvalue weighted by Gasteiger charge is -1.91. The van der Waals surface area contributed by atoms with Gasteiger partial charge in [0.2, 0.25) is 0 Å². The Morgan fingerprint density at radius 1 is 0.750 bits per heavy atom. The Morgan fingerprint density at radius 2 is 1.25 bits per heavy atom. The van der Waals surface area contributed by atoms with Gasteiger partial charge in [0.25, 0.3) is 0 Å². The maximum Gasteiger partial charge on any atom is 0.0280 e. The number of benzene rings is 1. The van der Waals surface area contributed by atoms with Crippen molar-refractivity contribution in [1.82, 2.24) is 4.98 Å². The minimum Gasteiger partial charge on any atom is -0.265 e. The summed E-state index contributed by atoms with van der Waals surface area (Å²) in [7, 11) is 0. The van der Waals surface area contributed by atoms with Gasteiger partial charge in [0.1, 0.15) is 0 Å². The van der Waals surface area contributed by atoms with Crippen LogP contribution >= 0.6 is 0 Å². The normalized spacial score (nSPS) is 8.69. The van der Waals surface area contributed by atoms with Crippen molar-refractivity contribution in [3.05, 3.63) is 65.5 Å². The summed E-state index contributed by atoms with van der Waals surface area (Å²) < 4.78 is 0. The SMILES string of the molecule is C#Cc1ccc(C#Cc2ccncc2)cc1. The molecule has 0 bridgehead atoms. The van der Waals surface area contributed by atoms with Crippen molar-refractivity contribution >= 4 is 0 Å². The van der Waals surface area contributed by atoms with Crippen molar-refractivity contribution in [2.75, 3.05) is 0 Å². The van der Waals surface area contributed by atoms with Gasteiger partial charge in [0.15, 0.2) is 0 Å². The lowest BCUT2D eigenvalue weighted by Crippen LogP contribution is -1.78. The molecule has 0 atom stereocenters. The number of hydrogen-bond acceptors (Lipinski definition) is 1. The quantitative estimate of drug-likeness (QED) is 0.599. The maximum atomic E-state index is 5.27. The van der Waals surface area contributed by atoms with Crippen LogP contribution in [0.3, 0.4) is 0 Å². The summed E-state index contributed by atoms with van der Waals surface area (Å²) in [6.07, 6.45) is 8.73. The molecule has 0 unspecified atom stereocenters. The van der Waals surface area contributed by atoms with Gasteiger partial charge >= 0.3 is 0 Å². The van der Waals surface area contributed by atoms with Crippen molar-refractivity contribution < 1.29 is 0 Å². The molecule has 0 saturated heterocycles. The predicted octanol–water partition coefficient (Wildman–Crippen LogP) is 2.46. The minimum atomic E-state index is 0.870. The van der Waals surface area contributed by atoms with Crippen LogP contribution in [-0.2, 0) is 0 Å². The monoisotopic (exact) mass is 203 g/mol. The van der Waals surface area contributed by atoms with Crippen LogP contribution in [0.15, 0.2) is 48.8 Å². The van der Waals surface area contributed by atoms with E-state index in [1.54, 1.807) is 12.4 Å². The molecule has 2 rings (SSSR count).